The molecule has 0 fully saturated rings. The molecule has 1 rings (SSSR count). The van der Waals surface area contributed by atoms with Gasteiger partial charge in [-0.3, -0.25) is 5.41 Å². The maximum atomic E-state index is 11.1. The van der Waals surface area contributed by atoms with Gasteiger partial charge in [0.25, 0.3) is 0 Å². The molecule has 0 atom stereocenters. The minimum Gasteiger partial charge on any atom is -0.478 e. The fourth-order valence-corrected chi connectivity index (χ4v) is 0.965. The zero-order valence-electron chi connectivity index (χ0n) is 7.06. The van der Waals surface area contributed by atoms with E-state index in [1.165, 1.54) is 24.3 Å². The van der Waals surface area contributed by atoms with Crippen molar-refractivity contribution in [2.45, 2.75) is 0 Å². The molecule has 5 nitrogen and oxygen atoms in total. The van der Waals surface area contributed by atoms with Crippen molar-refractivity contribution in [3.8, 4) is 0 Å². The van der Waals surface area contributed by atoms with E-state index in [1.807, 2.05) is 0 Å². The molecule has 14 heavy (non-hydrogen) atoms. The van der Waals surface area contributed by atoms with Gasteiger partial charge in [0.1, 0.15) is 0 Å². The van der Waals surface area contributed by atoms with E-state index in [-0.39, 0.29) is 11.1 Å². The molecule has 1 aromatic rings. The molecule has 0 radical (unpaired) electrons. The molecular weight excluding hydrogens is 186 g/mol. The van der Waals surface area contributed by atoms with Crippen LogP contribution in [0.4, 0.5) is 0 Å². The first-order valence-corrected chi connectivity index (χ1v) is 3.69. The Labute approximate surface area is 79.4 Å². The van der Waals surface area contributed by atoms with Gasteiger partial charge in [0, 0.05) is 0 Å². The highest BCUT2D eigenvalue weighted by Crippen LogP contribution is 2.09. The molecule has 0 aromatic heterocycles. The first-order chi connectivity index (χ1) is 6.66. The van der Waals surface area contributed by atoms with Gasteiger partial charge in [-0.25, -0.2) is 9.59 Å². The van der Waals surface area contributed by atoms with E-state index in [1.54, 1.807) is 0 Å². The van der Waals surface area contributed by atoms with Crippen molar-refractivity contribution in [2.24, 2.45) is 0 Å². The second kappa shape index (κ2) is 4.18. The summed E-state index contributed by atoms with van der Waals surface area (Å²) in [4.78, 5) is 21.8. The number of ether oxygens (including phenoxy) is 1. The van der Waals surface area contributed by atoms with Crippen LogP contribution in [0.15, 0.2) is 24.3 Å². The molecule has 0 heterocycles. The zero-order chi connectivity index (χ0) is 10.6. The van der Waals surface area contributed by atoms with Crippen molar-refractivity contribution in [2.75, 3.05) is 0 Å². The number of carboxylic acid groups (broad SMARTS) is 1. The van der Waals surface area contributed by atoms with Crippen molar-refractivity contribution in [1.29, 1.82) is 5.41 Å². The van der Waals surface area contributed by atoms with Crippen LogP contribution in [0.2, 0.25) is 0 Å². The average Bonchev–Trinajstić information content (AvgIpc) is 2.18. The highest BCUT2D eigenvalue weighted by Gasteiger charge is 2.15. The van der Waals surface area contributed by atoms with Gasteiger partial charge in [-0.05, 0) is 12.1 Å². The third-order valence-electron chi connectivity index (χ3n) is 1.54. The van der Waals surface area contributed by atoms with Crippen LogP contribution in [0, 0.1) is 5.41 Å². The summed E-state index contributed by atoms with van der Waals surface area (Å²) in [6.45, 7) is 0. The Balaban J connectivity index is 3.12. The van der Waals surface area contributed by atoms with E-state index in [0.29, 0.717) is 6.40 Å². The Morgan fingerprint density at radius 3 is 2.36 bits per heavy atom. The predicted octanol–water partition coefficient (Wildman–Crippen LogP) is 1.15. The van der Waals surface area contributed by atoms with Crippen LogP contribution < -0.4 is 0 Å². The number of benzene rings is 1. The average molecular weight is 193 g/mol. The Bertz CT molecular complexity index is 386. The number of esters is 1. The number of carbonyl (C=O) groups is 2. The maximum absolute atomic E-state index is 11.1. The minimum absolute atomic E-state index is 0.0662. The largest absolute Gasteiger partial charge is 0.478 e. The van der Waals surface area contributed by atoms with E-state index in [2.05, 4.69) is 4.74 Å². The predicted molar refractivity (Wildman–Crippen MR) is 47.6 cm³/mol. The third kappa shape index (κ3) is 1.95. The number of hydrogen-bond acceptors (Lipinski definition) is 4. The van der Waals surface area contributed by atoms with Crippen molar-refractivity contribution < 1.29 is 19.4 Å². The molecule has 0 saturated carbocycles. The Hall–Kier alpha value is -2.17. The smallest absolute Gasteiger partial charge is 0.345 e. The van der Waals surface area contributed by atoms with Gasteiger partial charge in [-0.15, -0.1) is 0 Å². The lowest BCUT2D eigenvalue weighted by Gasteiger charge is -2.01. The summed E-state index contributed by atoms with van der Waals surface area (Å²) in [6, 6.07) is 5.65. The normalized spacial score (nSPS) is 9.14. The molecule has 0 amide bonds. The van der Waals surface area contributed by atoms with Gasteiger partial charge in [0.15, 0.2) is 6.40 Å². The SMILES string of the molecule is N=COC(=O)c1ccccc1C(=O)O. The van der Waals surface area contributed by atoms with Crippen LogP contribution in [0.25, 0.3) is 0 Å². The van der Waals surface area contributed by atoms with Gasteiger partial charge in [-0.2, -0.15) is 0 Å². The highest BCUT2D eigenvalue weighted by atomic mass is 16.5. The van der Waals surface area contributed by atoms with Gasteiger partial charge in [0.2, 0.25) is 0 Å². The number of aromatic carboxylic acids is 1. The Morgan fingerprint density at radius 1 is 1.29 bits per heavy atom. The van der Waals surface area contributed by atoms with Crippen LogP contribution in [0.1, 0.15) is 20.7 Å². The molecule has 0 aliphatic heterocycles. The molecule has 72 valence electrons. The number of carboxylic acids is 1. The molecule has 0 aliphatic carbocycles. The summed E-state index contributed by atoms with van der Waals surface area (Å²) in [5.74, 6) is -2.06. The van der Waals surface area contributed by atoms with E-state index in [9.17, 15) is 9.59 Å². The van der Waals surface area contributed by atoms with Crippen LogP contribution in [-0.2, 0) is 4.74 Å². The quantitative estimate of drug-likeness (QED) is 0.428. The van der Waals surface area contributed by atoms with Gasteiger partial charge in [0.05, 0.1) is 11.1 Å². The van der Waals surface area contributed by atoms with Crippen molar-refractivity contribution >= 4 is 18.3 Å². The van der Waals surface area contributed by atoms with Crippen LogP contribution in [-0.4, -0.2) is 23.4 Å². The summed E-state index contributed by atoms with van der Waals surface area (Å²) in [7, 11) is 0. The van der Waals surface area contributed by atoms with Crippen LogP contribution in [0.3, 0.4) is 0 Å². The highest BCUT2D eigenvalue weighted by molar-refractivity contribution is 6.03. The summed E-state index contributed by atoms with van der Waals surface area (Å²) in [5, 5.41) is 15.3. The first kappa shape index (κ1) is 9.91. The number of nitrogens with one attached hydrogen (secondary N) is 1. The molecule has 2 N–H and O–H groups in total. The van der Waals surface area contributed by atoms with Crippen LogP contribution >= 0.6 is 0 Å². The molecular formula is C9H7NO4. The Morgan fingerprint density at radius 2 is 1.86 bits per heavy atom. The maximum Gasteiger partial charge on any atom is 0.345 e. The molecule has 0 aliphatic rings. The van der Waals surface area contributed by atoms with Crippen molar-refractivity contribution in [1.82, 2.24) is 0 Å². The molecule has 5 heteroatoms. The first-order valence-electron chi connectivity index (χ1n) is 3.69. The summed E-state index contributed by atoms with van der Waals surface area (Å²) in [5.41, 5.74) is -0.206. The third-order valence-corrected chi connectivity index (χ3v) is 1.54. The fraction of sp³-hybridized carbons (Fsp3) is 0. The molecule has 0 saturated heterocycles. The Kier molecular flexibility index (Phi) is 2.96. The van der Waals surface area contributed by atoms with E-state index in [0.717, 1.165) is 0 Å². The lowest BCUT2D eigenvalue weighted by molar-refractivity contribution is 0.0665. The molecule has 0 bridgehead atoms. The minimum atomic E-state index is -1.21. The summed E-state index contributed by atoms with van der Waals surface area (Å²) < 4.78 is 4.26. The van der Waals surface area contributed by atoms with Gasteiger partial charge in [-0.1, -0.05) is 12.1 Å². The van der Waals surface area contributed by atoms with Crippen molar-refractivity contribution in [3.63, 3.8) is 0 Å². The molecule has 1 aromatic carbocycles. The van der Waals surface area contributed by atoms with Crippen LogP contribution in [0.5, 0.6) is 0 Å². The topological polar surface area (TPSA) is 87.5 Å². The second-order valence-corrected chi connectivity index (χ2v) is 2.37. The number of rotatable bonds is 3. The van der Waals surface area contributed by atoms with E-state index in [4.69, 9.17) is 10.5 Å². The summed E-state index contributed by atoms with van der Waals surface area (Å²) >= 11 is 0. The lowest BCUT2D eigenvalue weighted by Crippen LogP contribution is -2.10. The molecule has 0 unspecified atom stereocenters. The fourth-order valence-electron chi connectivity index (χ4n) is 0.965. The monoisotopic (exact) mass is 193 g/mol. The van der Waals surface area contributed by atoms with Gasteiger partial charge < -0.3 is 9.84 Å². The standard InChI is InChI=1S/C9H7NO4/c10-5-14-9(13)7-4-2-1-3-6(7)8(11)12/h1-5,10H,(H,11,12). The van der Waals surface area contributed by atoms with E-state index >= 15 is 0 Å². The number of hydrogen-bond donors (Lipinski definition) is 2. The van der Waals surface area contributed by atoms with E-state index < -0.39 is 11.9 Å². The zero-order valence-corrected chi connectivity index (χ0v) is 7.06. The second-order valence-electron chi connectivity index (χ2n) is 2.37. The summed E-state index contributed by atoms with van der Waals surface area (Å²) in [6.07, 6.45) is 0.459. The van der Waals surface area contributed by atoms with Crippen molar-refractivity contribution in [3.05, 3.63) is 35.4 Å². The lowest BCUT2D eigenvalue weighted by atomic mass is 10.1. The molecule has 0 spiro atoms. The van der Waals surface area contributed by atoms with Gasteiger partial charge >= 0.3 is 11.9 Å². The number of carbonyl (C=O) groups excluding carboxylic acids is 1.